The fourth-order valence-electron chi connectivity index (χ4n) is 3.22. The minimum atomic E-state index is -0.242. The average Bonchev–Trinajstić information content (AvgIpc) is 2.90. The summed E-state index contributed by atoms with van der Waals surface area (Å²) in [4.78, 5) is 0. The third-order valence-corrected chi connectivity index (χ3v) is 4.08. The van der Waals surface area contributed by atoms with E-state index < -0.39 is 0 Å². The van der Waals surface area contributed by atoms with Gasteiger partial charge in [0.25, 0.3) is 0 Å². The Balaban J connectivity index is 0.000000924. The minimum absolute atomic E-state index is 0.232. The zero-order valence-electron chi connectivity index (χ0n) is 14.0. The molecular weight excluding hydrogens is 294 g/mol. The molecule has 0 amide bonds. The quantitative estimate of drug-likeness (QED) is 0.796. The molecule has 1 aromatic carbocycles. The lowest BCUT2D eigenvalue weighted by Crippen LogP contribution is -2.06. The maximum absolute atomic E-state index is 14.3. The minimum Gasteiger partial charge on any atom is -0.347 e. The summed E-state index contributed by atoms with van der Waals surface area (Å²) in [6.45, 7) is 4.63. The van der Waals surface area contributed by atoms with Gasteiger partial charge in [0.1, 0.15) is 11.6 Å². The molecule has 4 heteroatoms. The molecule has 0 bridgehead atoms. The number of hydrogen-bond donors (Lipinski definition) is 1. The molecule has 3 rings (SSSR count). The molecule has 0 radical (unpaired) electrons. The lowest BCUT2D eigenvalue weighted by Gasteiger charge is -2.15. The molecule has 2 nitrogen and oxygen atoms in total. The van der Waals surface area contributed by atoms with Crippen molar-refractivity contribution in [1.82, 2.24) is 4.57 Å². The maximum Gasteiger partial charge on any atom is 0.126 e. The third-order valence-electron chi connectivity index (χ3n) is 4.08. The summed E-state index contributed by atoms with van der Waals surface area (Å²) in [5, 5.41) is 0.817. The van der Waals surface area contributed by atoms with Gasteiger partial charge in [-0.15, -0.1) is 0 Å². The molecule has 0 aliphatic carbocycles. The Morgan fingerprint density at radius 3 is 2.74 bits per heavy atom. The predicted molar refractivity (Wildman–Crippen MR) is 93.5 cm³/mol. The van der Waals surface area contributed by atoms with Crippen LogP contribution >= 0.6 is 0 Å². The van der Waals surface area contributed by atoms with Crippen molar-refractivity contribution < 1.29 is 8.78 Å². The van der Waals surface area contributed by atoms with E-state index >= 15 is 0 Å². The molecule has 23 heavy (non-hydrogen) atoms. The van der Waals surface area contributed by atoms with Gasteiger partial charge >= 0.3 is 0 Å². The van der Waals surface area contributed by atoms with Crippen LogP contribution in [-0.2, 0) is 13.0 Å². The van der Waals surface area contributed by atoms with Crippen molar-refractivity contribution in [2.75, 3.05) is 7.05 Å². The fraction of sp³-hybridized carbons (Fsp3) is 0.368. The Bertz CT molecular complexity index is 754. The second-order valence-electron chi connectivity index (χ2n) is 5.46. The van der Waals surface area contributed by atoms with E-state index in [0.717, 1.165) is 41.4 Å². The van der Waals surface area contributed by atoms with Crippen LogP contribution in [0.2, 0.25) is 0 Å². The molecule has 0 unspecified atom stereocenters. The average molecular weight is 318 g/mol. The topological polar surface area (TPSA) is 30.9 Å². The highest BCUT2D eigenvalue weighted by molar-refractivity contribution is 5.98. The SMILES string of the molecule is C/C=C(\C(F)=C/CC)c1cn2c3c(cc(F)cc13)CCC2.CN. The van der Waals surface area contributed by atoms with Gasteiger partial charge in [-0.1, -0.05) is 13.0 Å². The number of nitrogens with zero attached hydrogens (tertiary/aromatic N) is 1. The van der Waals surface area contributed by atoms with Gasteiger partial charge in [-0.3, -0.25) is 0 Å². The van der Waals surface area contributed by atoms with Gasteiger partial charge in [-0.05, 0) is 57.0 Å². The molecule has 0 saturated carbocycles. The van der Waals surface area contributed by atoms with E-state index in [0.29, 0.717) is 12.0 Å². The molecule has 1 aliphatic rings. The highest BCUT2D eigenvalue weighted by atomic mass is 19.1. The number of rotatable bonds is 3. The molecule has 0 saturated heterocycles. The fourth-order valence-corrected chi connectivity index (χ4v) is 3.22. The number of nitrogens with two attached hydrogens (primary N) is 1. The number of hydrogen-bond acceptors (Lipinski definition) is 1. The van der Waals surface area contributed by atoms with Gasteiger partial charge in [0, 0.05) is 29.3 Å². The largest absolute Gasteiger partial charge is 0.347 e. The summed E-state index contributed by atoms with van der Waals surface area (Å²) in [5.41, 5.74) is 7.93. The first kappa shape index (κ1) is 17.4. The van der Waals surface area contributed by atoms with Crippen molar-refractivity contribution in [3.8, 4) is 0 Å². The lowest BCUT2D eigenvalue weighted by atomic mass is 9.99. The second kappa shape index (κ2) is 7.55. The zero-order valence-corrected chi connectivity index (χ0v) is 14.0. The molecule has 0 spiro atoms. The third kappa shape index (κ3) is 3.22. The molecule has 2 aromatic rings. The van der Waals surface area contributed by atoms with Crippen LogP contribution in [-0.4, -0.2) is 11.6 Å². The molecular formula is C19H24F2N2. The number of allylic oxidation sites excluding steroid dienone is 4. The van der Waals surface area contributed by atoms with Gasteiger partial charge in [-0.2, -0.15) is 0 Å². The Morgan fingerprint density at radius 2 is 2.09 bits per heavy atom. The Hall–Kier alpha value is -1.94. The summed E-state index contributed by atoms with van der Waals surface area (Å²) >= 11 is 0. The van der Waals surface area contributed by atoms with E-state index in [2.05, 4.69) is 10.3 Å². The molecule has 2 heterocycles. The number of benzene rings is 1. The summed E-state index contributed by atoms with van der Waals surface area (Å²) in [5.74, 6) is -0.474. The molecule has 2 N–H and O–H groups in total. The summed E-state index contributed by atoms with van der Waals surface area (Å²) in [6.07, 6.45) is 7.82. The van der Waals surface area contributed by atoms with E-state index in [1.54, 1.807) is 18.2 Å². The van der Waals surface area contributed by atoms with E-state index in [9.17, 15) is 8.78 Å². The van der Waals surface area contributed by atoms with Gasteiger partial charge in [0.2, 0.25) is 0 Å². The monoisotopic (exact) mass is 318 g/mol. The lowest BCUT2D eigenvalue weighted by molar-refractivity contribution is 0.611. The van der Waals surface area contributed by atoms with Gasteiger partial charge in [-0.25, -0.2) is 8.78 Å². The van der Waals surface area contributed by atoms with Crippen molar-refractivity contribution >= 4 is 16.5 Å². The van der Waals surface area contributed by atoms with Crippen molar-refractivity contribution in [3.63, 3.8) is 0 Å². The van der Waals surface area contributed by atoms with Crippen molar-refractivity contribution in [2.24, 2.45) is 5.73 Å². The van der Waals surface area contributed by atoms with Crippen molar-refractivity contribution in [2.45, 2.75) is 39.7 Å². The summed E-state index contributed by atoms with van der Waals surface area (Å²) < 4.78 is 30.3. The molecule has 0 atom stereocenters. The first-order valence-electron chi connectivity index (χ1n) is 8.07. The zero-order chi connectivity index (χ0) is 17.0. The van der Waals surface area contributed by atoms with Crippen LogP contribution in [0.1, 0.15) is 37.8 Å². The molecule has 124 valence electrons. The normalized spacial score (nSPS) is 14.7. The van der Waals surface area contributed by atoms with Gasteiger partial charge in [0.15, 0.2) is 0 Å². The smallest absolute Gasteiger partial charge is 0.126 e. The Morgan fingerprint density at radius 1 is 1.35 bits per heavy atom. The standard InChI is InChI=1S/C18H19F2N.CH5N/c1-3-6-17(20)14(4-2)16-11-21-8-5-7-12-9-13(19)10-15(16)18(12)21;1-2/h4,6,9-11H,3,5,7-8H2,1-2H3;2H2,1H3/b14-4-,17-6+;. The van der Waals surface area contributed by atoms with E-state index in [4.69, 9.17) is 0 Å². The van der Waals surface area contributed by atoms with E-state index in [1.165, 1.54) is 13.1 Å². The Labute approximate surface area is 136 Å². The van der Waals surface area contributed by atoms with E-state index in [-0.39, 0.29) is 11.6 Å². The van der Waals surface area contributed by atoms with Crippen LogP contribution in [0.15, 0.2) is 36.3 Å². The Kier molecular flexibility index (Phi) is 5.72. The predicted octanol–water partition coefficient (Wildman–Crippen LogP) is 4.97. The molecule has 0 fully saturated rings. The second-order valence-corrected chi connectivity index (χ2v) is 5.46. The summed E-state index contributed by atoms with van der Waals surface area (Å²) in [6, 6.07) is 3.13. The van der Waals surface area contributed by atoms with Crippen LogP contribution in [0.4, 0.5) is 8.78 Å². The first-order valence-corrected chi connectivity index (χ1v) is 8.07. The molecule has 1 aromatic heterocycles. The molecule has 1 aliphatic heterocycles. The summed E-state index contributed by atoms with van der Waals surface area (Å²) in [7, 11) is 1.50. The van der Waals surface area contributed by atoms with Crippen LogP contribution < -0.4 is 5.73 Å². The first-order chi connectivity index (χ1) is 11.2. The van der Waals surface area contributed by atoms with Crippen molar-refractivity contribution in [3.05, 3.63) is 53.3 Å². The number of aromatic nitrogens is 1. The maximum atomic E-state index is 14.3. The van der Waals surface area contributed by atoms with Crippen LogP contribution in [0, 0.1) is 5.82 Å². The van der Waals surface area contributed by atoms with Crippen LogP contribution in [0.5, 0.6) is 0 Å². The highest BCUT2D eigenvalue weighted by Crippen LogP contribution is 2.36. The van der Waals surface area contributed by atoms with Gasteiger partial charge in [0.05, 0.1) is 5.52 Å². The van der Waals surface area contributed by atoms with Crippen LogP contribution in [0.3, 0.4) is 0 Å². The van der Waals surface area contributed by atoms with E-state index in [1.807, 2.05) is 20.0 Å². The number of aryl methyl sites for hydroxylation is 2. The van der Waals surface area contributed by atoms with Gasteiger partial charge < -0.3 is 10.3 Å². The van der Waals surface area contributed by atoms with Crippen molar-refractivity contribution in [1.29, 1.82) is 0 Å². The highest BCUT2D eigenvalue weighted by Gasteiger charge is 2.20. The number of halogens is 2. The van der Waals surface area contributed by atoms with Crippen LogP contribution in [0.25, 0.3) is 16.5 Å².